The molecule has 4 rings (SSSR count). The van der Waals surface area contributed by atoms with Crippen LogP contribution in [0.2, 0.25) is 0 Å². The topological polar surface area (TPSA) is 83.0 Å². The number of nitrogens with one attached hydrogen (secondary N) is 2. The molecule has 0 aliphatic carbocycles. The van der Waals surface area contributed by atoms with Crippen LogP contribution in [0.4, 0.5) is 16.0 Å². The number of nitrogens with zero attached hydrogens (tertiary/aromatic N) is 4. The summed E-state index contributed by atoms with van der Waals surface area (Å²) in [6.07, 6.45) is 2.61. The van der Waals surface area contributed by atoms with Gasteiger partial charge in [0.05, 0.1) is 17.8 Å². The van der Waals surface area contributed by atoms with Crippen LogP contribution in [0.1, 0.15) is 37.7 Å². The van der Waals surface area contributed by atoms with Gasteiger partial charge in [0.25, 0.3) is 0 Å². The van der Waals surface area contributed by atoms with Crippen LogP contribution in [0.25, 0.3) is 10.9 Å². The Balaban J connectivity index is 1.64. The molecule has 1 unspecified atom stereocenters. The Hall–Kier alpha value is -3.29. The highest BCUT2D eigenvalue weighted by atomic mass is 19.1. The minimum absolute atomic E-state index is 0.0224. The zero-order valence-corrected chi connectivity index (χ0v) is 17.3. The molecular formula is C22H25FN6O. The van der Waals surface area contributed by atoms with Crippen molar-refractivity contribution < 1.29 is 9.18 Å². The van der Waals surface area contributed by atoms with Gasteiger partial charge < -0.3 is 15.5 Å². The van der Waals surface area contributed by atoms with Gasteiger partial charge in [-0.05, 0) is 32.4 Å². The summed E-state index contributed by atoms with van der Waals surface area (Å²) in [6, 6.07) is 8.53. The van der Waals surface area contributed by atoms with Gasteiger partial charge in [0.1, 0.15) is 23.3 Å². The van der Waals surface area contributed by atoms with Crippen LogP contribution in [0.5, 0.6) is 0 Å². The molecule has 156 valence electrons. The first-order chi connectivity index (χ1) is 14.4. The predicted molar refractivity (Wildman–Crippen MR) is 115 cm³/mol. The van der Waals surface area contributed by atoms with Crippen molar-refractivity contribution in [1.29, 1.82) is 0 Å². The number of benzene rings is 1. The number of pyridine rings is 1. The molecule has 0 saturated carbocycles. The highest BCUT2D eigenvalue weighted by Crippen LogP contribution is 2.29. The lowest BCUT2D eigenvalue weighted by atomic mass is 10.1. The fraction of sp³-hybridized carbons (Fsp3) is 0.364. The normalized spacial score (nSPS) is 17.2. The maximum Gasteiger partial charge on any atom is 0.217 e. The van der Waals surface area contributed by atoms with Crippen molar-refractivity contribution in [2.45, 2.75) is 39.3 Å². The number of aryl methyl sites for hydroxylation is 1. The van der Waals surface area contributed by atoms with Crippen LogP contribution in [0, 0.1) is 12.7 Å². The predicted octanol–water partition coefficient (Wildman–Crippen LogP) is 3.36. The second kappa shape index (κ2) is 8.22. The van der Waals surface area contributed by atoms with Crippen LogP contribution < -0.4 is 15.5 Å². The van der Waals surface area contributed by atoms with E-state index in [1.807, 2.05) is 26.0 Å². The van der Waals surface area contributed by atoms with E-state index in [0.29, 0.717) is 23.8 Å². The quantitative estimate of drug-likeness (QED) is 0.674. The number of aromatic nitrogens is 3. The van der Waals surface area contributed by atoms with Gasteiger partial charge in [0.2, 0.25) is 5.91 Å². The maximum atomic E-state index is 14.2. The summed E-state index contributed by atoms with van der Waals surface area (Å²) in [5.41, 5.74) is 1.31. The Labute approximate surface area is 174 Å². The molecular weight excluding hydrogens is 383 g/mol. The number of carbonyl (C=O) groups is 1. The van der Waals surface area contributed by atoms with Crippen LogP contribution in [0.3, 0.4) is 0 Å². The fourth-order valence-corrected chi connectivity index (χ4v) is 3.90. The molecule has 2 N–H and O–H groups in total. The summed E-state index contributed by atoms with van der Waals surface area (Å²) in [6.45, 7) is 6.78. The summed E-state index contributed by atoms with van der Waals surface area (Å²) in [5, 5.41) is 7.14. The van der Waals surface area contributed by atoms with E-state index in [0.717, 1.165) is 29.7 Å². The first-order valence-corrected chi connectivity index (χ1v) is 10.1. The molecule has 1 aliphatic rings. The number of hydrogen-bond donors (Lipinski definition) is 2. The Morgan fingerprint density at radius 2 is 2.10 bits per heavy atom. The van der Waals surface area contributed by atoms with Gasteiger partial charge in [-0.15, -0.1) is 0 Å². The zero-order valence-electron chi connectivity index (χ0n) is 17.3. The van der Waals surface area contributed by atoms with Crippen molar-refractivity contribution in [3.8, 4) is 0 Å². The molecule has 1 fully saturated rings. The Morgan fingerprint density at radius 3 is 2.87 bits per heavy atom. The molecule has 0 radical (unpaired) electrons. The van der Waals surface area contributed by atoms with Gasteiger partial charge >= 0.3 is 0 Å². The van der Waals surface area contributed by atoms with E-state index in [4.69, 9.17) is 0 Å². The first kappa shape index (κ1) is 20.0. The van der Waals surface area contributed by atoms with Gasteiger partial charge in [0.15, 0.2) is 0 Å². The van der Waals surface area contributed by atoms with E-state index >= 15 is 0 Å². The number of amides is 1. The molecule has 30 heavy (non-hydrogen) atoms. The summed E-state index contributed by atoms with van der Waals surface area (Å²) >= 11 is 0. The molecule has 3 heterocycles. The Morgan fingerprint density at radius 1 is 1.30 bits per heavy atom. The second-order valence-corrected chi connectivity index (χ2v) is 7.70. The minimum atomic E-state index is -0.267. The van der Waals surface area contributed by atoms with Crippen molar-refractivity contribution in [1.82, 2.24) is 20.3 Å². The van der Waals surface area contributed by atoms with Crippen molar-refractivity contribution in [3.63, 3.8) is 0 Å². The van der Waals surface area contributed by atoms with E-state index in [1.165, 1.54) is 13.0 Å². The Bertz CT molecular complexity index is 1090. The van der Waals surface area contributed by atoms with Crippen molar-refractivity contribution in [2.75, 3.05) is 23.3 Å². The van der Waals surface area contributed by atoms with Crippen molar-refractivity contribution >= 4 is 28.4 Å². The van der Waals surface area contributed by atoms with E-state index in [1.54, 1.807) is 18.3 Å². The number of rotatable bonds is 5. The van der Waals surface area contributed by atoms with Crippen LogP contribution >= 0.6 is 0 Å². The van der Waals surface area contributed by atoms with Crippen LogP contribution in [-0.2, 0) is 4.79 Å². The number of carbonyl (C=O) groups excluding carboxylic acids is 1. The van der Waals surface area contributed by atoms with E-state index in [2.05, 4.69) is 30.5 Å². The molecule has 1 saturated heterocycles. The lowest BCUT2D eigenvalue weighted by Gasteiger charge is -2.20. The first-order valence-electron chi connectivity index (χ1n) is 10.1. The van der Waals surface area contributed by atoms with E-state index in [-0.39, 0.29) is 23.8 Å². The van der Waals surface area contributed by atoms with Gasteiger partial charge in [-0.25, -0.2) is 19.3 Å². The lowest BCUT2D eigenvalue weighted by molar-refractivity contribution is -0.119. The maximum absolute atomic E-state index is 14.2. The van der Waals surface area contributed by atoms with Gasteiger partial charge in [-0.1, -0.05) is 18.2 Å². The van der Waals surface area contributed by atoms with E-state index in [9.17, 15) is 9.18 Å². The molecule has 1 amide bonds. The molecule has 1 aliphatic heterocycles. The smallest absolute Gasteiger partial charge is 0.217 e. The molecule has 1 aromatic carbocycles. The SMILES string of the molecule is CC(=O)N[C@@H]1CCN(c2cc3c(NC(C)c4ccccc4F)nc(C)nc3cn2)C1. The molecule has 0 spiro atoms. The molecule has 7 nitrogen and oxygen atoms in total. The van der Waals surface area contributed by atoms with Gasteiger partial charge in [-0.3, -0.25) is 4.79 Å². The molecule has 0 bridgehead atoms. The number of fused-ring (bicyclic) bond motifs is 1. The molecule has 2 atom stereocenters. The van der Waals surface area contributed by atoms with Crippen molar-refractivity contribution in [3.05, 3.63) is 53.7 Å². The Kier molecular flexibility index (Phi) is 5.48. The average Bonchev–Trinajstić information content (AvgIpc) is 3.15. The number of hydrogen-bond acceptors (Lipinski definition) is 6. The third-order valence-electron chi connectivity index (χ3n) is 5.32. The number of halogens is 1. The largest absolute Gasteiger partial charge is 0.363 e. The summed E-state index contributed by atoms with van der Waals surface area (Å²) in [7, 11) is 0. The van der Waals surface area contributed by atoms with Gasteiger partial charge in [0, 0.05) is 37.0 Å². The summed E-state index contributed by atoms with van der Waals surface area (Å²) < 4.78 is 14.2. The zero-order chi connectivity index (χ0) is 21.3. The minimum Gasteiger partial charge on any atom is -0.363 e. The standard InChI is InChI=1S/C22H25FN6O/c1-13(17-6-4-5-7-19(17)23)25-22-18-10-21(24-11-20(18)26-14(2)27-22)29-9-8-16(12-29)28-15(3)30/h4-7,10-11,13,16H,8-9,12H2,1-3H3,(H,28,30)(H,25,26,27)/t13?,16-/m1/s1. The molecule has 8 heteroatoms. The summed E-state index contributed by atoms with van der Waals surface area (Å²) in [4.78, 5) is 27.1. The third-order valence-corrected chi connectivity index (χ3v) is 5.32. The second-order valence-electron chi connectivity index (χ2n) is 7.70. The van der Waals surface area contributed by atoms with Crippen molar-refractivity contribution in [2.24, 2.45) is 0 Å². The van der Waals surface area contributed by atoms with Crippen LogP contribution in [0.15, 0.2) is 36.5 Å². The molecule has 2 aromatic heterocycles. The third kappa shape index (κ3) is 4.17. The number of anilines is 2. The fourth-order valence-electron chi connectivity index (χ4n) is 3.90. The monoisotopic (exact) mass is 408 g/mol. The highest BCUT2D eigenvalue weighted by molar-refractivity contribution is 5.90. The lowest BCUT2D eigenvalue weighted by Crippen LogP contribution is -2.35. The van der Waals surface area contributed by atoms with E-state index < -0.39 is 0 Å². The molecule has 3 aromatic rings. The highest BCUT2D eigenvalue weighted by Gasteiger charge is 2.24. The van der Waals surface area contributed by atoms with Crippen LogP contribution in [-0.4, -0.2) is 40.0 Å². The summed E-state index contributed by atoms with van der Waals surface area (Å²) in [5.74, 6) is 1.80. The van der Waals surface area contributed by atoms with Gasteiger partial charge in [-0.2, -0.15) is 0 Å². The average molecular weight is 408 g/mol.